The topological polar surface area (TPSA) is 29.4 Å². The van der Waals surface area contributed by atoms with E-state index in [4.69, 9.17) is 4.99 Å². The van der Waals surface area contributed by atoms with Crippen molar-refractivity contribution < 1.29 is 9.07 Å². The third kappa shape index (κ3) is 5.09. The average molecular weight is 408 g/mol. The van der Waals surface area contributed by atoms with Gasteiger partial charge in [-0.15, -0.1) is 0 Å². The predicted octanol–water partition coefficient (Wildman–Crippen LogP) is 7.69. The van der Waals surface area contributed by atoms with E-state index in [0.29, 0.717) is 24.0 Å². The molecule has 4 rings (SSSR count). The zero-order valence-electron chi connectivity index (χ0n) is 18.4. The zero-order chi connectivity index (χ0) is 20.8. The highest BCUT2D eigenvalue weighted by Gasteiger charge is 2.30. The first-order chi connectivity index (χ1) is 14.7. The third-order valence-electron chi connectivity index (χ3n) is 6.99. The lowest BCUT2D eigenvalue weighted by Crippen LogP contribution is -2.25. The fourth-order valence-electron chi connectivity index (χ4n) is 5.47. The molecule has 1 aromatic rings. The van der Waals surface area contributed by atoms with Gasteiger partial charge in [0.25, 0.3) is 0 Å². The molecule has 164 valence electrons. The van der Waals surface area contributed by atoms with Crippen LogP contribution in [0.2, 0.25) is 0 Å². The minimum Gasteiger partial charge on any atom is -0.300 e. The van der Waals surface area contributed by atoms with E-state index in [1.807, 2.05) is 6.20 Å². The molecule has 1 saturated carbocycles. The quantitative estimate of drug-likeness (QED) is 0.434. The molecule has 1 aromatic carbocycles. The van der Waals surface area contributed by atoms with E-state index < -0.39 is 0 Å². The molecular weight excluding hydrogens is 366 g/mol. The van der Waals surface area contributed by atoms with Gasteiger partial charge in [-0.25, -0.2) is 0 Å². The van der Waals surface area contributed by atoms with Crippen LogP contribution in [0.25, 0.3) is 0 Å². The summed E-state index contributed by atoms with van der Waals surface area (Å²) in [6.45, 7) is 2.22. The first-order valence-corrected chi connectivity index (χ1v) is 11.9. The molecule has 2 aliphatic carbocycles. The summed E-state index contributed by atoms with van der Waals surface area (Å²) >= 11 is 0. The van der Waals surface area contributed by atoms with Gasteiger partial charge < -0.3 is 0 Å². The first-order valence-electron chi connectivity index (χ1n) is 11.9. The summed E-state index contributed by atoms with van der Waals surface area (Å²) in [5.74, 6) is 1.47. The van der Waals surface area contributed by atoms with Crippen molar-refractivity contribution in [3.8, 4) is 0 Å². The lowest BCUT2D eigenvalue weighted by molar-refractivity contribution is -0.120. The number of carbonyl (C=O) groups is 1. The van der Waals surface area contributed by atoms with Crippen LogP contribution in [0.1, 0.15) is 80.1 Å². The molecule has 30 heavy (non-hydrogen) atoms. The molecule has 0 spiro atoms. The molecule has 0 bridgehead atoms. The van der Waals surface area contributed by atoms with Crippen molar-refractivity contribution >= 4 is 11.5 Å². The van der Waals surface area contributed by atoms with E-state index >= 15 is 0 Å². The fourth-order valence-corrected chi connectivity index (χ4v) is 5.47. The van der Waals surface area contributed by atoms with E-state index in [1.54, 1.807) is 0 Å². The number of Topliss-reactive ketones (excluding diaryl/α,β-unsaturated/α-hetero) is 1. The molecule has 1 unspecified atom stereocenters. The van der Waals surface area contributed by atoms with Crippen molar-refractivity contribution in [2.24, 2.45) is 16.8 Å². The molecule has 0 radical (unpaired) electrons. The number of carbonyl (C=O) groups excluding carboxylic acids is 1. The summed E-state index contributed by atoms with van der Waals surface area (Å²) in [6, 6.07) is 8.64. The Morgan fingerprint density at radius 3 is 2.73 bits per heavy atom. The molecule has 1 heterocycles. The maximum absolute atomic E-state index is 12.8. The van der Waals surface area contributed by atoms with Crippen LogP contribution in [0.3, 0.4) is 0 Å². The Kier molecular flexibility index (Phi) is 7.15. The van der Waals surface area contributed by atoms with Gasteiger partial charge >= 0.3 is 0 Å². The summed E-state index contributed by atoms with van der Waals surface area (Å²) in [4.78, 5) is 17.7. The number of hydrogen-bond acceptors (Lipinski definition) is 2. The lowest BCUT2D eigenvalue weighted by Gasteiger charge is -2.30. The zero-order valence-corrected chi connectivity index (χ0v) is 18.4. The van der Waals surface area contributed by atoms with E-state index in [-0.39, 0.29) is 4.28 Å². The maximum atomic E-state index is 12.8. The molecule has 2 heteroatoms. The molecule has 3 aliphatic rings. The van der Waals surface area contributed by atoms with Crippen LogP contribution in [0.5, 0.6) is 0 Å². The number of nitrogens with zero attached hydrogens (tertiary/aromatic N) is 1. The SMILES string of the molecule is CCCc1ccccc1CCC(=O)C[C@@H]1CCCC(C2=NC=CCC3=C2C=CC3)C1.[HH].[HH].[HH]. The monoisotopic (exact) mass is 407 g/mol. The molecule has 1 fully saturated rings. The molecule has 1 aliphatic heterocycles. The van der Waals surface area contributed by atoms with Gasteiger partial charge in [-0.05, 0) is 67.6 Å². The summed E-state index contributed by atoms with van der Waals surface area (Å²) in [5, 5.41) is 0. The van der Waals surface area contributed by atoms with Gasteiger partial charge in [0.05, 0.1) is 5.71 Å². The Hall–Kier alpha value is -2.22. The molecule has 2 atom stereocenters. The highest BCUT2D eigenvalue weighted by atomic mass is 16.1. The van der Waals surface area contributed by atoms with Crippen LogP contribution in [0.15, 0.2) is 64.8 Å². The van der Waals surface area contributed by atoms with Gasteiger partial charge in [0.2, 0.25) is 0 Å². The van der Waals surface area contributed by atoms with Crippen molar-refractivity contribution in [2.75, 3.05) is 0 Å². The van der Waals surface area contributed by atoms with Gasteiger partial charge in [-0.3, -0.25) is 9.79 Å². The number of aliphatic imine (C=N–C) groups is 1. The number of aryl methyl sites for hydroxylation is 2. The Labute approximate surface area is 186 Å². The molecule has 2 nitrogen and oxygen atoms in total. The fraction of sp³-hybridized carbons (Fsp3) is 0.500. The van der Waals surface area contributed by atoms with E-state index in [1.165, 1.54) is 47.2 Å². The van der Waals surface area contributed by atoms with Crippen LogP contribution in [0.4, 0.5) is 0 Å². The number of allylic oxidation sites excluding steroid dienone is 5. The number of rotatable bonds is 8. The van der Waals surface area contributed by atoms with E-state index in [2.05, 4.69) is 49.4 Å². The average Bonchev–Trinajstić information content (AvgIpc) is 3.12. The highest BCUT2D eigenvalue weighted by Crippen LogP contribution is 2.37. The minimum absolute atomic E-state index is 0. The Balaban J connectivity index is 0.00000181. The van der Waals surface area contributed by atoms with Crippen molar-refractivity contribution in [3.05, 3.63) is 71.0 Å². The smallest absolute Gasteiger partial charge is 0.133 e. The van der Waals surface area contributed by atoms with Gasteiger partial charge in [0.1, 0.15) is 5.78 Å². The van der Waals surface area contributed by atoms with E-state index in [9.17, 15) is 4.79 Å². The second-order valence-electron chi connectivity index (χ2n) is 9.22. The standard InChI is InChI=1S/C28H35NO.3H2/c1-2-8-22-10-3-4-11-23(22)16-17-26(30)20-21-9-5-13-25(19-21)28-27-15-6-12-24(27)14-7-18-29-28;;;/h3-4,6-7,10-11,15,18,21,25H,2,5,8-9,12-14,16-17,19-20H2,1H3;3*1H/t21-,25?;;;/m1.../s1. The van der Waals surface area contributed by atoms with Crippen molar-refractivity contribution in [2.45, 2.75) is 77.6 Å². The molecule has 0 amide bonds. The van der Waals surface area contributed by atoms with E-state index in [0.717, 1.165) is 44.9 Å². The highest BCUT2D eigenvalue weighted by molar-refractivity contribution is 6.06. The second kappa shape index (κ2) is 10.2. The molecule has 0 saturated heterocycles. The van der Waals surface area contributed by atoms with Crippen LogP contribution in [0, 0.1) is 11.8 Å². The molecular formula is C28H41NO. The van der Waals surface area contributed by atoms with Crippen LogP contribution in [-0.2, 0) is 17.6 Å². The lowest BCUT2D eigenvalue weighted by atomic mass is 9.75. The minimum atomic E-state index is 0. The summed E-state index contributed by atoms with van der Waals surface area (Å²) in [7, 11) is 0. The van der Waals surface area contributed by atoms with Crippen LogP contribution in [-0.4, -0.2) is 11.5 Å². The van der Waals surface area contributed by atoms with Gasteiger partial charge in [-0.2, -0.15) is 0 Å². The Morgan fingerprint density at radius 2 is 1.90 bits per heavy atom. The molecule has 0 aromatic heterocycles. The van der Waals surface area contributed by atoms with Gasteiger partial charge in [-0.1, -0.05) is 67.8 Å². The summed E-state index contributed by atoms with van der Waals surface area (Å²) < 4.78 is 0. The molecule has 0 N–H and O–H groups in total. The van der Waals surface area contributed by atoms with Crippen molar-refractivity contribution in [1.82, 2.24) is 0 Å². The number of ketones is 1. The van der Waals surface area contributed by atoms with Crippen molar-refractivity contribution in [3.63, 3.8) is 0 Å². The van der Waals surface area contributed by atoms with Gasteiger partial charge in [0.15, 0.2) is 0 Å². The van der Waals surface area contributed by atoms with Gasteiger partial charge in [0, 0.05) is 29.2 Å². The normalized spacial score (nSPS) is 23.3. The number of hydrogen-bond donors (Lipinski definition) is 0. The predicted molar refractivity (Wildman–Crippen MR) is 132 cm³/mol. The summed E-state index contributed by atoms with van der Waals surface area (Å²) in [6.07, 6.45) is 20.2. The largest absolute Gasteiger partial charge is 0.300 e. The Bertz CT molecular complexity index is 900. The Morgan fingerprint density at radius 1 is 1.10 bits per heavy atom. The maximum Gasteiger partial charge on any atom is 0.133 e. The van der Waals surface area contributed by atoms with Crippen LogP contribution < -0.4 is 0 Å². The van der Waals surface area contributed by atoms with Crippen molar-refractivity contribution in [1.29, 1.82) is 0 Å². The summed E-state index contributed by atoms with van der Waals surface area (Å²) in [5.41, 5.74) is 6.98. The second-order valence-corrected chi connectivity index (χ2v) is 9.22. The number of benzene rings is 1. The van der Waals surface area contributed by atoms with Crippen LogP contribution >= 0.6 is 0 Å². The third-order valence-corrected chi connectivity index (χ3v) is 6.99. The first kappa shape index (κ1) is 21.0.